The highest BCUT2D eigenvalue weighted by Gasteiger charge is 2.29. The Bertz CT molecular complexity index is 521. The Hall–Kier alpha value is -1.91. The molecular weight excluding hydrogens is 270 g/mol. The van der Waals surface area contributed by atoms with Crippen molar-refractivity contribution in [2.24, 2.45) is 0 Å². The Balaban J connectivity index is 1.60. The van der Waals surface area contributed by atoms with E-state index in [1.54, 1.807) is 18.2 Å². The minimum atomic E-state index is 0.0485. The maximum absolute atomic E-state index is 12.4. The van der Waals surface area contributed by atoms with Gasteiger partial charge in [-0.05, 0) is 45.2 Å². The molecule has 1 aromatic rings. The number of piperidine rings is 1. The molecule has 114 valence electrons. The van der Waals surface area contributed by atoms with Crippen LogP contribution < -0.4 is 14.2 Å². The second kappa shape index (κ2) is 5.84. The first kappa shape index (κ1) is 14.0. The molecule has 0 aliphatic carbocycles. The maximum Gasteiger partial charge on any atom is 0.260 e. The topological polar surface area (TPSA) is 48.0 Å². The largest absolute Gasteiger partial charge is 0.484 e. The smallest absolute Gasteiger partial charge is 0.260 e. The summed E-state index contributed by atoms with van der Waals surface area (Å²) in [5.74, 6) is 2.06. The van der Waals surface area contributed by atoms with Crippen LogP contribution in [0.4, 0.5) is 0 Å². The van der Waals surface area contributed by atoms with Crippen LogP contribution in [0.1, 0.15) is 33.1 Å². The van der Waals surface area contributed by atoms with E-state index in [0.29, 0.717) is 29.3 Å². The molecule has 5 heteroatoms. The molecular formula is C16H21NO4. The Morgan fingerprint density at radius 3 is 2.71 bits per heavy atom. The van der Waals surface area contributed by atoms with Crippen molar-refractivity contribution >= 4 is 5.91 Å². The fraction of sp³-hybridized carbons (Fsp3) is 0.562. The van der Waals surface area contributed by atoms with Crippen molar-refractivity contribution in [2.45, 2.75) is 45.2 Å². The molecule has 21 heavy (non-hydrogen) atoms. The highest BCUT2D eigenvalue weighted by atomic mass is 16.7. The number of ether oxygens (including phenoxy) is 3. The molecule has 2 atom stereocenters. The van der Waals surface area contributed by atoms with Gasteiger partial charge in [0.15, 0.2) is 18.1 Å². The molecule has 0 bridgehead atoms. The summed E-state index contributed by atoms with van der Waals surface area (Å²) >= 11 is 0. The van der Waals surface area contributed by atoms with E-state index in [1.807, 2.05) is 4.90 Å². The van der Waals surface area contributed by atoms with Crippen LogP contribution in [0.5, 0.6) is 17.2 Å². The molecule has 2 aliphatic rings. The minimum Gasteiger partial charge on any atom is -0.484 e. The minimum absolute atomic E-state index is 0.0485. The molecule has 1 aromatic carbocycles. The van der Waals surface area contributed by atoms with Gasteiger partial charge < -0.3 is 19.1 Å². The maximum atomic E-state index is 12.4. The second-order valence-electron chi connectivity index (χ2n) is 5.73. The van der Waals surface area contributed by atoms with E-state index < -0.39 is 0 Å². The van der Waals surface area contributed by atoms with E-state index in [0.717, 1.165) is 12.8 Å². The molecule has 0 unspecified atom stereocenters. The van der Waals surface area contributed by atoms with Crippen molar-refractivity contribution in [2.75, 3.05) is 13.4 Å². The first-order valence-corrected chi connectivity index (χ1v) is 7.49. The van der Waals surface area contributed by atoms with Gasteiger partial charge in [0.2, 0.25) is 6.79 Å². The second-order valence-corrected chi connectivity index (χ2v) is 5.73. The zero-order chi connectivity index (χ0) is 14.8. The third kappa shape index (κ3) is 2.91. The highest BCUT2D eigenvalue weighted by Crippen LogP contribution is 2.35. The van der Waals surface area contributed by atoms with Crippen molar-refractivity contribution in [1.82, 2.24) is 4.90 Å². The van der Waals surface area contributed by atoms with E-state index in [-0.39, 0.29) is 19.3 Å². The molecule has 0 saturated carbocycles. The first-order valence-electron chi connectivity index (χ1n) is 7.49. The van der Waals surface area contributed by atoms with Crippen LogP contribution in [0.25, 0.3) is 0 Å². The average Bonchev–Trinajstić information content (AvgIpc) is 2.92. The first-order chi connectivity index (χ1) is 10.1. The number of benzene rings is 1. The van der Waals surface area contributed by atoms with Gasteiger partial charge in [-0.25, -0.2) is 0 Å². The summed E-state index contributed by atoms with van der Waals surface area (Å²) in [6.45, 7) is 4.51. The van der Waals surface area contributed by atoms with Gasteiger partial charge in [-0.15, -0.1) is 0 Å². The molecule has 5 nitrogen and oxygen atoms in total. The van der Waals surface area contributed by atoms with Gasteiger partial charge in [-0.2, -0.15) is 0 Å². The normalized spacial score (nSPS) is 24.0. The molecule has 1 saturated heterocycles. The molecule has 0 aromatic heterocycles. The predicted molar refractivity (Wildman–Crippen MR) is 77.7 cm³/mol. The number of rotatable bonds is 3. The summed E-state index contributed by atoms with van der Waals surface area (Å²) in [5.41, 5.74) is 0. The summed E-state index contributed by atoms with van der Waals surface area (Å²) in [7, 11) is 0. The number of amides is 1. The monoisotopic (exact) mass is 291 g/mol. The quantitative estimate of drug-likeness (QED) is 0.859. The van der Waals surface area contributed by atoms with Crippen molar-refractivity contribution < 1.29 is 19.0 Å². The molecule has 0 N–H and O–H groups in total. The summed E-state index contributed by atoms with van der Waals surface area (Å²) in [6, 6.07) is 5.94. The van der Waals surface area contributed by atoms with Crippen LogP contribution >= 0.6 is 0 Å². The van der Waals surface area contributed by atoms with Crippen LogP contribution in [0.2, 0.25) is 0 Å². The fourth-order valence-corrected chi connectivity index (χ4v) is 3.10. The summed E-state index contributed by atoms with van der Waals surface area (Å²) in [5, 5.41) is 0. The van der Waals surface area contributed by atoms with Crippen molar-refractivity contribution in [3.63, 3.8) is 0 Å². The van der Waals surface area contributed by atoms with Gasteiger partial charge in [0.25, 0.3) is 5.91 Å². The van der Waals surface area contributed by atoms with E-state index in [2.05, 4.69) is 13.8 Å². The lowest BCUT2D eigenvalue weighted by atomic mass is 9.97. The number of hydrogen-bond acceptors (Lipinski definition) is 4. The summed E-state index contributed by atoms with van der Waals surface area (Å²) in [6.07, 6.45) is 3.33. The Kier molecular flexibility index (Phi) is 3.90. The van der Waals surface area contributed by atoms with Gasteiger partial charge in [-0.1, -0.05) is 0 Å². The highest BCUT2D eigenvalue weighted by molar-refractivity contribution is 5.78. The van der Waals surface area contributed by atoms with Gasteiger partial charge in [0, 0.05) is 18.2 Å². The lowest BCUT2D eigenvalue weighted by molar-refractivity contribution is -0.139. The Morgan fingerprint density at radius 2 is 1.95 bits per heavy atom. The number of carbonyl (C=O) groups is 1. The number of nitrogens with zero attached hydrogens (tertiary/aromatic N) is 1. The molecule has 3 rings (SSSR count). The molecule has 0 spiro atoms. The van der Waals surface area contributed by atoms with Crippen LogP contribution in [0.15, 0.2) is 18.2 Å². The van der Waals surface area contributed by atoms with E-state index in [4.69, 9.17) is 14.2 Å². The van der Waals surface area contributed by atoms with Crippen LogP contribution in [-0.4, -0.2) is 36.3 Å². The Labute approximate surface area is 124 Å². The van der Waals surface area contributed by atoms with Gasteiger partial charge in [-0.3, -0.25) is 4.79 Å². The van der Waals surface area contributed by atoms with E-state index in [9.17, 15) is 4.79 Å². The number of carbonyl (C=O) groups excluding carboxylic acids is 1. The number of hydrogen-bond donors (Lipinski definition) is 0. The van der Waals surface area contributed by atoms with Crippen molar-refractivity contribution in [3.8, 4) is 17.2 Å². The van der Waals surface area contributed by atoms with Crippen LogP contribution in [0, 0.1) is 0 Å². The zero-order valence-electron chi connectivity index (χ0n) is 12.5. The lowest BCUT2D eigenvalue weighted by Gasteiger charge is -2.38. The van der Waals surface area contributed by atoms with Crippen LogP contribution in [0.3, 0.4) is 0 Å². The SMILES string of the molecule is C[C@@H]1CCC[C@@H](C)N1C(=O)COc1ccc2c(c1)OCO2. The number of fused-ring (bicyclic) bond motifs is 1. The van der Waals surface area contributed by atoms with Crippen molar-refractivity contribution in [1.29, 1.82) is 0 Å². The van der Waals surface area contributed by atoms with E-state index in [1.165, 1.54) is 6.42 Å². The predicted octanol–water partition coefficient (Wildman–Crippen LogP) is 2.58. The van der Waals surface area contributed by atoms with E-state index >= 15 is 0 Å². The van der Waals surface area contributed by atoms with Crippen molar-refractivity contribution in [3.05, 3.63) is 18.2 Å². The Morgan fingerprint density at radius 1 is 1.24 bits per heavy atom. The average molecular weight is 291 g/mol. The van der Waals surface area contributed by atoms with Gasteiger partial charge >= 0.3 is 0 Å². The third-order valence-corrected chi connectivity index (χ3v) is 4.19. The molecule has 2 heterocycles. The molecule has 0 radical (unpaired) electrons. The summed E-state index contributed by atoms with van der Waals surface area (Å²) in [4.78, 5) is 14.3. The third-order valence-electron chi connectivity index (χ3n) is 4.19. The molecule has 1 fully saturated rings. The standard InChI is InChI=1S/C16H21NO4/c1-11-4-3-5-12(2)17(11)16(18)9-19-13-6-7-14-15(8-13)21-10-20-14/h6-8,11-12H,3-5,9-10H2,1-2H3/t11-,12-/m1/s1. The molecule has 2 aliphatic heterocycles. The van der Waals surface area contributed by atoms with Gasteiger partial charge in [0.1, 0.15) is 5.75 Å². The van der Waals surface area contributed by atoms with Gasteiger partial charge in [0.05, 0.1) is 0 Å². The fourth-order valence-electron chi connectivity index (χ4n) is 3.10. The zero-order valence-corrected chi connectivity index (χ0v) is 12.5. The number of likely N-dealkylation sites (tertiary alicyclic amines) is 1. The molecule has 1 amide bonds. The lowest BCUT2D eigenvalue weighted by Crippen LogP contribution is -2.49. The van der Waals surface area contributed by atoms with Crippen LogP contribution in [-0.2, 0) is 4.79 Å². The summed E-state index contributed by atoms with van der Waals surface area (Å²) < 4.78 is 16.2.